The number of halogens is 2. The molecular weight excluding hydrogens is 263 g/mol. The van der Waals surface area contributed by atoms with Gasteiger partial charge in [0.05, 0.1) is 12.4 Å². The first-order valence-corrected chi connectivity index (χ1v) is 6.44. The molecule has 2 nitrogen and oxygen atoms in total. The molecule has 0 saturated heterocycles. The number of aromatic nitrogens is 2. The first-order valence-electron chi connectivity index (χ1n) is 4.87. The van der Waals surface area contributed by atoms with Crippen LogP contribution in [0.4, 0.5) is 0 Å². The SMILES string of the molecule is CC1C=CC(Sc2cnc(Cl)cn2)=C(Cl)C1. The van der Waals surface area contributed by atoms with Crippen LogP contribution in [0.25, 0.3) is 0 Å². The fraction of sp³-hybridized carbons (Fsp3) is 0.273. The van der Waals surface area contributed by atoms with Gasteiger partial charge in [0.1, 0.15) is 10.2 Å². The summed E-state index contributed by atoms with van der Waals surface area (Å²) in [6.45, 7) is 2.14. The molecule has 0 aromatic carbocycles. The van der Waals surface area contributed by atoms with Crippen LogP contribution in [-0.4, -0.2) is 9.97 Å². The molecule has 1 aromatic rings. The number of thioether (sulfide) groups is 1. The largest absolute Gasteiger partial charge is 0.245 e. The minimum atomic E-state index is 0.400. The lowest BCUT2D eigenvalue weighted by molar-refractivity contribution is 0.726. The third-order valence-electron chi connectivity index (χ3n) is 2.16. The Balaban J connectivity index is 2.13. The Morgan fingerprint density at radius 3 is 2.75 bits per heavy atom. The summed E-state index contributed by atoms with van der Waals surface area (Å²) in [5, 5.41) is 2.09. The molecule has 0 aliphatic heterocycles. The lowest BCUT2D eigenvalue weighted by Crippen LogP contribution is -1.97. The van der Waals surface area contributed by atoms with Gasteiger partial charge in [0.2, 0.25) is 0 Å². The van der Waals surface area contributed by atoms with Crippen molar-refractivity contribution < 1.29 is 0 Å². The van der Waals surface area contributed by atoms with Crippen molar-refractivity contribution in [2.24, 2.45) is 5.92 Å². The molecular formula is C11H10Cl2N2S. The highest BCUT2D eigenvalue weighted by molar-refractivity contribution is 8.03. The van der Waals surface area contributed by atoms with Gasteiger partial charge in [0, 0.05) is 9.94 Å². The van der Waals surface area contributed by atoms with E-state index in [1.165, 1.54) is 18.0 Å². The zero-order valence-corrected chi connectivity index (χ0v) is 11.0. The standard InChI is InChI=1S/C11H10Cl2N2S/c1-7-2-3-9(8(12)4-7)16-11-6-14-10(13)5-15-11/h2-3,5-7H,4H2,1H3. The molecule has 1 heterocycles. The predicted octanol–water partition coefficient (Wildman–Crippen LogP) is 4.27. The Bertz CT molecular complexity index is 440. The molecule has 0 N–H and O–H groups in total. The van der Waals surface area contributed by atoms with Crippen molar-refractivity contribution in [2.75, 3.05) is 0 Å². The third kappa shape index (κ3) is 3.00. The molecule has 0 radical (unpaired) electrons. The van der Waals surface area contributed by atoms with Gasteiger partial charge in [-0.2, -0.15) is 0 Å². The van der Waals surface area contributed by atoms with Crippen LogP contribution in [0.15, 0.2) is 39.5 Å². The van der Waals surface area contributed by atoms with Crippen LogP contribution >= 0.6 is 35.0 Å². The van der Waals surface area contributed by atoms with E-state index in [0.717, 1.165) is 21.4 Å². The molecule has 0 bridgehead atoms. The summed E-state index contributed by atoms with van der Waals surface area (Å²) >= 11 is 13.4. The quantitative estimate of drug-likeness (QED) is 0.804. The summed E-state index contributed by atoms with van der Waals surface area (Å²) in [4.78, 5) is 9.18. The van der Waals surface area contributed by atoms with Crippen LogP contribution in [0.3, 0.4) is 0 Å². The molecule has 0 fully saturated rings. The Morgan fingerprint density at radius 1 is 1.31 bits per heavy atom. The molecule has 1 aliphatic rings. The van der Waals surface area contributed by atoms with Gasteiger partial charge in [-0.3, -0.25) is 0 Å². The van der Waals surface area contributed by atoms with Crippen LogP contribution in [0.2, 0.25) is 5.15 Å². The van der Waals surface area contributed by atoms with Crippen LogP contribution < -0.4 is 0 Å². The van der Waals surface area contributed by atoms with Crippen molar-refractivity contribution in [3.63, 3.8) is 0 Å². The van der Waals surface area contributed by atoms with Crippen molar-refractivity contribution in [3.05, 3.63) is 39.6 Å². The molecule has 5 heteroatoms. The van der Waals surface area contributed by atoms with Crippen molar-refractivity contribution in [3.8, 4) is 0 Å². The van der Waals surface area contributed by atoms with E-state index in [0.29, 0.717) is 11.1 Å². The summed E-state index contributed by atoms with van der Waals surface area (Å²) in [7, 11) is 0. The number of rotatable bonds is 2. The number of hydrogen-bond acceptors (Lipinski definition) is 3. The van der Waals surface area contributed by atoms with E-state index in [-0.39, 0.29) is 0 Å². The summed E-state index contributed by atoms with van der Waals surface area (Å²) in [6, 6.07) is 0. The van der Waals surface area contributed by atoms with Crippen molar-refractivity contribution in [2.45, 2.75) is 18.4 Å². The third-order valence-corrected chi connectivity index (χ3v) is 3.84. The second-order valence-electron chi connectivity index (χ2n) is 3.59. The van der Waals surface area contributed by atoms with E-state index < -0.39 is 0 Å². The molecule has 1 aromatic heterocycles. The number of allylic oxidation sites excluding steroid dienone is 3. The van der Waals surface area contributed by atoms with Crippen molar-refractivity contribution in [1.82, 2.24) is 9.97 Å². The summed E-state index contributed by atoms with van der Waals surface area (Å²) in [5.74, 6) is 0.508. The van der Waals surface area contributed by atoms with Gasteiger partial charge in [-0.15, -0.1) is 0 Å². The fourth-order valence-electron chi connectivity index (χ4n) is 1.35. The smallest absolute Gasteiger partial charge is 0.147 e. The summed E-state index contributed by atoms with van der Waals surface area (Å²) < 4.78 is 0. The molecule has 1 unspecified atom stereocenters. The van der Waals surface area contributed by atoms with Gasteiger partial charge >= 0.3 is 0 Å². The maximum Gasteiger partial charge on any atom is 0.147 e. The molecule has 84 valence electrons. The summed E-state index contributed by atoms with van der Waals surface area (Å²) in [5.41, 5.74) is 0. The van der Waals surface area contributed by atoms with E-state index in [4.69, 9.17) is 23.2 Å². The van der Waals surface area contributed by atoms with Crippen LogP contribution in [0.5, 0.6) is 0 Å². The van der Waals surface area contributed by atoms with Gasteiger partial charge in [-0.1, -0.05) is 54.0 Å². The van der Waals surface area contributed by atoms with E-state index in [9.17, 15) is 0 Å². The Hall–Kier alpha value is -0.510. The van der Waals surface area contributed by atoms with E-state index in [1.807, 2.05) is 6.08 Å². The average Bonchev–Trinajstić information content (AvgIpc) is 2.25. The average molecular weight is 273 g/mol. The van der Waals surface area contributed by atoms with Crippen molar-refractivity contribution >= 4 is 35.0 Å². The lowest BCUT2D eigenvalue weighted by atomic mass is 10.0. The minimum Gasteiger partial charge on any atom is -0.245 e. The second kappa shape index (κ2) is 5.21. The number of hydrogen-bond donors (Lipinski definition) is 0. The highest BCUT2D eigenvalue weighted by Gasteiger charge is 2.13. The van der Waals surface area contributed by atoms with Crippen LogP contribution in [0, 0.1) is 5.92 Å². The number of nitrogens with zero attached hydrogens (tertiary/aromatic N) is 2. The van der Waals surface area contributed by atoms with Crippen LogP contribution in [-0.2, 0) is 0 Å². The van der Waals surface area contributed by atoms with Gasteiger partial charge in [-0.25, -0.2) is 9.97 Å². The second-order valence-corrected chi connectivity index (χ2v) is 5.49. The zero-order chi connectivity index (χ0) is 11.5. The Kier molecular flexibility index (Phi) is 3.90. The first-order chi connectivity index (χ1) is 7.65. The molecule has 16 heavy (non-hydrogen) atoms. The predicted molar refractivity (Wildman–Crippen MR) is 68.7 cm³/mol. The minimum absolute atomic E-state index is 0.400. The normalized spacial score (nSPS) is 20.3. The molecule has 1 atom stereocenters. The summed E-state index contributed by atoms with van der Waals surface area (Å²) in [6.07, 6.45) is 8.26. The molecule has 0 spiro atoms. The topological polar surface area (TPSA) is 25.8 Å². The highest BCUT2D eigenvalue weighted by Crippen LogP contribution is 2.36. The van der Waals surface area contributed by atoms with Gasteiger partial charge in [-0.05, 0) is 12.3 Å². The fourth-order valence-corrected chi connectivity index (χ4v) is 2.65. The van der Waals surface area contributed by atoms with Gasteiger partial charge < -0.3 is 0 Å². The van der Waals surface area contributed by atoms with Gasteiger partial charge in [0.15, 0.2) is 0 Å². The maximum atomic E-state index is 6.19. The van der Waals surface area contributed by atoms with Crippen molar-refractivity contribution in [1.29, 1.82) is 0 Å². The Labute approximate surface area is 109 Å². The Morgan fingerprint density at radius 2 is 2.12 bits per heavy atom. The molecule has 1 aliphatic carbocycles. The molecule has 0 amide bonds. The van der Waals surface area contributed by atoms with Crippen LogP contribution in [0.1, 0.15) is 13.3 Å². The van der Waals surface area contributed by atoms with E-state index in [1.54, 1.807) is 6.20 Å². The highest BCUT2D eigenvalue weighted by atomic mass is 35.5. The first kappa shape index (κ1) is 12.0. The van der Waals surface area contributed by atoms with Gasteiger partial charge in [0.25, 0.3) is 0 Å². The molecule has 0 saturated carbocycles. The van der Waals surface area contributed by atoms with E-state index in [2.05, 4.69) is 23.0 Å². The maximum absolute atomic E-state index is 6.19. The molecule has 2 rings (SSSR count). The monoisotopic (exact) mass is 272 g/mol. The van der Waals surface area contributed by atoms with E-state index >= 15 is 0 Å². The lowest BCUT2D eigenvalue weighted by Gasteiger charge is -2.14. The zero-order valence-electron chi connectivity index (χ0n) is 8.65.